The van der Waals surface area contributed by atoms with Crippen LogP contribution in [0.5, 0.6) is 5.75 Å². The van der Waals surface area contributed by atoms with Crippen molar-refractivity contribution in [3.63, 3.8) is 0 Å². The minimum atomic E-state index is -0.497. The molecule has 0 saturated heterocycles. The number of hydrogen-bond acceptors (Lipinski definition) is 4. The van der Waals surface area contributed by atoms with E-state index in [4.69, 9.17) is 9.15 Å². The van der Waals surface area contributed by atoms with E-state index in [0.717, 1.165) is 0 Å². The molecule has 2 aromatic rings. The van der Waals surface area contributed by atoms with Gasteiger partial charge in [-0.25, -0.2) is 4.79 Å². The van der Waals surface area contributed by atoms with Crippen molar-refractivity contribution in [3.8, 4) is 5.75 Å². The lowest BCUT2D eigenvalue weighted by Gasteiger charge is -2.02. The number of hydrogen-bond donors (Lipinski definition) is 1. The van der Waals surface area contributed by atoms with Crippen molar-refractivity contribution in [2.75, 3.05) is 7.11 Å². The van der Waals surface area contributed by atoms with Gasteiger partial charge in [0.25, 0.3) is 0 Å². The standard InChI is InChI=1S/C11H8Br2O4/c1-4-7(11(15)16-2)8-6(17-4)3-5(12)10(14)9(8)13/h3,14H,1-2H3. The molecule has 0 aliphatic carbocycles. The molecule has 0 fully saturated rings. The molecule has 17 heavy (non-hydrogen) atoms. The highest BCUT2D eigenvalue weighted by Gasteiger charge is 2.23. The van der Waals surface area contributed by atoms with Crippen molar-refractivity contribution in [3.05, 3.63) is 26.3 Å². The average molecular weight is 364 g/mol. The third-order valence-corrected chi connectivity index (χ3v) is 3.79. The number of benzene rings is 1. The minimum Gasteiger partial charge on any atom is -0.506 e. The second-order valence-corrected chi connectivity index (χ2v) is 5.07. The van der Waals surface area contributed by atoms with Gasteiger partial charge in [0.15, 0.2) is 0 Å². The molecule has 0 radical (unpaired) electrons. The molecular formula is C11H8Br2O4. The number of halogens is 2. The van der Waals surface area contributed by atoms with E-state index < -0.39 is 5.97 Å². The van der Waals surface area contributed by atoms with Crippen molar-refractivity contribution in [1.29, 1.82) is 0 Å². The van der Waals surface area contributed by atoms with Crippen LogP contribution in [0.4, 0.5) is 0 Å². The lowest BCUT2D eigenvalue weighted by atomic mass is 10.1. The monoisotopic (exact) mass is 362 g/mol. The molecule has 0 atom stereocenters. The van der Waals surface area contributed by atoms with Gasteiger partial charge in [-0.3, -0.25) is 0 Å². The zero-order valence-corrected chi connectivity index (χ0v) is 12.2. The Kier molecular flexibility index (Phi) is 3.18. The molecule has 0 aliphatic rings. The number of aryl methyl sites for hydroxylation is 1. The molecule has 1 heterocycles. The number of aromatic hydroxyl groups is 1. The van der Waals surface area contributed by atoms with E-state index >= 15 is 0 Å². The van der Waals surface area contributed by atoms with Crippen LogP contribution in [-0.4, -0.2) is 18.2 Å². The lowest BCUT2D eigenvalue weighted by molar-refractivity contribution is 0.0600. The second kappa shape index (κ2) is 4.34. The predicted octanol–water partition coefficient (Wildman–Crippen LogP) is 3.76. The summed E-state index contributed by atoms with van der Waals surface area (Å²) in [4.78, 5) is 11.7. The summed E-state index contributed by atoms with van der Waals surface area (Å²) in [6, 6.07) is 1.61. The van der Waals surface area contributed by atoms with Gasteiger partial charge in [-0.15, -0.1) is 0 Å². The fourth-order valence-corrected chi connectivity index (χ4v) is 2.92. The Morgan fingerprint density at radius 2 is 2.12 bits per heavy atom. The zero-order chi connectivity index (χ0) is 12.7. The molecule has 1 N–H and O–H groups in total. The maximum atomic E-state index is 11.7. The van der Waals surface area contributed by atoms with Gasteiger partial charge < -0.3 is 14.3 Å². The number of furan rings is 1. The van der Waals surface area contributed by atoms with Crippen molar-refractivity contribution < 1.29 is 19.1 Å². The van der Waals surface area contributed by atoms with E-state index in [1.165, 1.54) is 7.11 Å². The SMILES string of the molecule is COC(=O)c1c(C)oc2cc(Br)c(O)c(Br)c12. The fourth-order valence-electron chi connectivity index (χ4n) is 1.64. The molecule has 1 aromatic carbocycles. The third-order valence-electron chi connectivity index (χ3n) is 2.41. The topological polar surface area (TPSA) is 59.7 Å². The smallest absolute Gasteiger partial charge is 0.342 e. The molecular weight excluding hydrogens is 356 g/mol. The molecule has 0 amide bonds. The Hall–Kier alpha value is -1.01. The third kappa shape index (κ3) is 1.85. The van der Waals surface area contributed by atoms with E-state index in [-0.39, 0.29) is 5.75 Å². The maximum Gasteiger partial charge on any atom is 0.342 e. The van der Waals surface area contributed by atoms with Crippen LogP contribution < -0.4 is 0 Å². The highest BCUT2D eigenvalue weighted by molar-refractivity contribution is 9.11. The largest absolute Gasteiger partial charge is 0.506 e. The van der Waals surface area contributed by atoms with Crippen LogP contribution in [0.1, 0.15) is 16.1 Å². The summed E-state index contributed by atoms with van der Waals surface area (Å²) in [6.45, 7) is 1.67. The number of methoxy groups -OCH3 is 1. The van der Waals surface area contributed by atoms with Gasteiger partial charge in [0.2, 0.25) is 0 Å². The van der Waals surface area contributed by atoms with Crippen LogP contribution >= 0.6 is 31.9 Å². The summed E-state index contributed by atoms with van der Waals surface area (Å²) < 4.78 is 11.1. The first-order valence-corrected chi connectivity index (χ1v) is 6.24. The van der Waals surface area contributed by atoms with Crippen molar-refractivity contribution in [2.45, 2.75) is 6.92 Å². The molecule has 0 unspecified atom stereocenters. The number of fused-ring (bicyclic) bond motifs is 1. The molecule has 0 saturated carbocycles. The predicted molar refractivity (Wildman–Crippen MR) is 69.4 cm³/mol. The van der Waals surface area contributed by atoms with Crippen LogP contribution in [0.3, 0.4) is 0 Å². The van der Waals surface area contributed by atoms with Crippen LogP contribution in [0, 0.1) is 6.92 Å². The first-order valence-electron chi connectivity index (χ1n) is 4.65. The fraction of sp³-hybridized carbons (Fsp3) is 0.182. The maximum absolute atomic E-state index is 11.7. The molecule has 6 heteroatoms. The Morgan fingerprint density at radius 1 is 1.47 bits per heavy atom. The Labute approximate surface area is 114 Å². The van der Waals surface area contributed by atoms with Gasteiger partial charge in [0.1, 0.15) is 22.7 Å². The van der Waals surface area contributed by atoms with Gasteiger partial charge >= 0.3 is 5.97 Å². The van der Waals surface area contributed by atoms with Crippen molar-refractivity contribution in [2.24, 2.45) is 0 Å². The van der Waals surface area contributed by atoms with Crippen LogP contribution in [0.2, 0.25) is 0 Å². The number of carbonyl (C=O) groups is 1. The van der Waals surface area contributed by atoms with Crippen LogP contribution in [0.15, 0.2) is 19.4 Å². The molecule has 90 valence electrons. The van der Waals surface area contributed by atoms with E-state index in [1.807, 2.05) is 0 Å². The summed E-state index contributed by atoms with van der Waals surface area (Å²) in [5, 5.41) is 10.3. The molecule has 4 nitrogen and oxygen atoms in total. The normalized spacial score (nSPS) is 10.8. The van der Waals surface area contributed by atoms with Gasteiger partial charge in [0, 0.05) is 0 Å². The zero-order valence-electron chi connectivity index (χ0n) is 9.01. The van der Waals surface area contributed by atoms with Crippen LogP contribution in [0.25, 0.3) is 11.0 Å². The highest BCUT2D eigenvalue weighted by atomic mass is 79.9. The molecule has 1 aromatic heterocycles. The van der Waals surface area contributed by atoms with Gasteiger partial charge in [-0.2, -0.15) is 0 Å². The Bertz CT molecular complexity index is 616. The van der Waals surface area contributed by atoms with Crippen LogP contribution in [-0.2, 0) is 4.74 Å². The van der Waals surface area contributed by atoms with Gasteiger partial charge in [0.05, 0.1) is 21.4 Å². The Morgan fingerprint density at radius 3 is 2.71 bits per heavy atom. The Balaban J connectivity index is 2.90. The molecule has 0 spiro atoms. The summed E-state index contributed by atoms with van der Waals surface area (Å²) >= 11 is 6.44. The quantitative estimate of drug-likeness (QED) is 0.783. The minimum absolute atomic E-state index is 0.0171. The molecule has 0 bridgehead atoms. The van der Waals surface area contributed by atoms with E-state index in [9.17, 15) is 9.90 Å². The molecule has 2 rings (SSSR count). The number of phenols is 1. The van der Waals surface area contributed by atoms with Crippen molar-refractivity contribution >= 4 is 48.8 Å². The average Bonchev–Trinajstić information content (AvgIpc) is 2.61. The number of ether oxygens (including phenoxy) is 1. The highest BCUT2D eigenvalue weighted by Crippen LogP contribution is 2.42. The van der Waals surface area contributed by atoms with Gasteiger partial charge in [-0.05, 0) is 44.8 Å². The number of carbonyl (C=O) groups excluding carboxylic acids is 1. The summed E-state index contributed by atoms with van der Waals surface area (Å²) in [5.41, 5.74) is 0.816. The first kappa shape index (κ1) is 12.4. The first-order chi connectivity index (χ1) is 7.97. The number of phenolic OH excluding ortho intramolecular Hbond substituents is 1. The van der Waals surface area contributed by atoms with Gasteiger partial charge in [-0.1, -0.05) is 0 Å². The lowest BCUT2D eigenvalue weighted by Crippen LogP contribution is -2.02. The van der Waals surface area contributed by atoms with E-state index in [0.29, 0.717) is 31.2 Å². The van der Waals surface area contributed by atoms with Crippen molar-refractivity contribution in [1.82, 2.24) is 0 Å². The summed E-state index contributed by atoms with van der Waals surface area (Å²) in [6.07, 6.45) is 0. The number of rotatable bonds is 1. The number of esters is 1. The summed E-state index contributed by atoms with van der Waals surface area (Å²) in [7, 11) is 1.30. The van der Waals surface area contributed by atoms with E-state index in [1.54, 1.807) is 13.0 Å². The van der Waals surface area contributed by atoms with E-state index in [2.05, 4.69) is 31.9 Å². The summed E-state index contributed by atoms with van der Waals surface area (Å²) in [5.74, 6) is -0.0304. The molecule has 0 aliphatic heterocycles. The second-order valence-electron chi connectivity index (χ2n) is 3.42.